The van der Waals surface area contributed by atoms with E-state index in [-0.39, 0.29) is 12.0 Å². The molecule has 1 aromatic heterocycles. The zero-order chi connectivity index (χ0) is 18.4. The number of rotatable bonds is 7. The van der Waals surface area contributed by atoms with Crippen molar-refractivity contribution in [2.45, 2.75) is 39.4 Å². The molecular formula is C20H26N2O3S. The minimum absolute atomic E-state index is 0.0615. The fourth-order valence-electron chi connectivity index (χ4n) is 2.92. The lowest BCUT2D eigenvalue weighted by Gasteiger charge is -2.32. The van der Waals surface area contributed by atoms with Gasteiger partial charge in [0.05, 0.1) is 17.3 Å². The van der Waals surface area contributed by atoms with E-state index in [1.807, 2.05) is 34.5 Å². The molecule has 0 atom stereocenters. The van der Waals surface area contributed by atoms with E-state index >= 15 is 0 Å². The van der Waals surface area contributed by atoms with Gasteiger partial charge in [0.15, 0.2) is 0 Å². The summed E-state index contributed by atoms with van der Waals surface area (Å²) in [6, 6.07) is 7.40. The van der Waals surface area contributed by atoms with Gasteiger partial charge in [-0.15, -0.1) is 11.3 Å². The number of thiazole rings is 1. The predicted octanol–water partition coefficient (Wildman–Crippen LogP) is 4.00. The second kappa shape index (κ2) is 9.14. The van der Waals surface area contributed by atoms with Crippen molar-refractivity contribution >= 4 is 17.2 Å². The summed E-state index contributed by atoms with van der Waals surface area (Å²) in [7, 11) is 0. The van der Waals surface area contributed by atoms with E-state index in [0.717, 1.165) is 38.2 Å². The number of likely N-dealkylation sites (tertiary alicyclic amines) is 1. The fraction of sp³-hybridized carbons (Fsp3) is 0.500. The number of amides is 1. The molecule has 3 rings (SSSR count). The molecule has 0 saturated carbocycles. The van der Waals surface area contributed by atoms with E-state index < -0.39 is 0 Å². The molecule has 2 heterocycles. The van der Waals surface area contributed by atoms with E-state index in [1.54, 1.807) is 16.8 Å². The van der Waals surface area contributed by atoms with Gasteiger partial charge in [0.1, 0.15) is 12.4 Å². The van der Waals surface area contributed by atoms with Crippen LogP contribution in [0.1, 0.15) is 42.7 Å². The lowest BCUT2D eigenvalue weighted by Crippen LogP contribution is -2.41. The Bertz CT molecular complexity index is 695. The number of benzene rings is 1. The van der Waals surface area contributed by atoms with Crippen molar-refractivity contribution in [3.05, 3.63) is 46.4 Å². The van der Waals surface area contributed by atoms with Crippen LogP contribution in [-0.2, 0) is 11.3 Å². The van der Waals surface area contributed by atoms with Crippen molar-refractivity contribution in [1.82, 2.24) is 9.88 Å². The fourth-order valence-corrected chi connectivity index (χ4v) is 3.46. The summed E-state index contributed by atoms with van der Waals surface area (Å²) in [6.45, 7) is 7.00. The monoisotopic (exact) mass is 374 g/mol. The van der Waals surface area contributed by atoms with Crippen LogP contribution in [-0.4, -0.2) is 41.6 Å². The maximum Gasteiger partial charge on any atom is 0.253 e. The summed E-state index contributed by atoms with van der Waals surface area (Å²) in [6.07, 6.45) is 2.07. The molecule has 26 heavy (non-hydrogen) atoms. The van der Waals surface area contributed by atoms with Crippen LogP contribution in [0, 0.1) is 5.92 Å². The third-order valence-electron chi connectivity index (χ3n) is 4.35. The Morgan fingerprint density at radius 3 is 2.85 bits per heavy atom. The largest absolute Gasteiger partial charge is 0.487 e. The Morgan fingerprint density at radius 2 is 2.15 bits per heavy atom. The molecule has 1 amide bonds. The first-order valence-electron chi connectivity index (χ1n) is 9.12. The Hall–Kier alpha value is -1.92. The van der Waals surface area contributed by atoms with Crippen molar-refractivity contribution in [3.63, 3.8) is 0 Å². The summed E-state index contributed by atoms with van der Waals surface area (Å²) in [5, 5.41) is 1.96. The number of piperidine rings is 1. The number of carbonyl (C=O) groups excluding carboxylic acids is 1. The Labute approximate surface area is 159 Å². The number of nitrogens with zero attached hydrogens (tertiary/aromatic N) is 2. The highest BCUT2D eigenvalue weighted by Gasteiger charge is 2.24. The highest BCUT2D eigenvalue weighted by molar-refractivity contribution is 7.07. The number of ether oxygens (including phenoxy) is 2. The topological polar surface area (TPSA) is 51.7 Å². The molecule has 140 valence electrons. The van der Waals surface area contributed by atoms with Gasteiger partial charge in [-0.05, 0) is 37.0 Å². The first-order chi connectivity index (χ1) is 12.6. The summed E-state index contributed by atoms with van der Waals surface area (Å²) < 4.78 is 11.7. The molecule has 1 aliphatic heterocycles. The van der Waals surface area contributed by atoms with Gasteiger partial charge in [0.25, 0.3) is 5.91 Å². The van der Waals surface area contributed by atoms with Crippen molar-refractivity contribution in [3.8, 4) is 5.75 Å². The van der Waals surface area contributed by atoms with Gasteiger partial charge in [-0.1, -0.05) is 19.9 Å². The predicted molar refractivity (Wildman–Crippen MR) is 103 cm³/mol. The summed E-state index contributed by atoms with van der Waals surface area (Å²) in [5.41, 5.74) is 3.35. The minimum atomic E-state index is 0.0615. The van der Waals surface area contributed by atoms with E-state index in [1.165, 1.54) is 0 Å². The molecule has 0 N–H and O–H groups in total. The number of hydrogen-bond acceptors (Lipinski definition) is 5. The van der Waals surface area contributed by atoms with E-state index in [0.29, 0.717) is 23.8 Å². The van der Waals surface area contributed by atoms with Gasteiger partial charge in [-0.2, -0.15) is 0 Å². The molecule has 1 aromatic carbocycles. The Kier molecular flexibility index (Phi) is 6.63. The van der Waals surface area contributed by atoms with Gasteiger partial charge in [-0.25, -0.2) is 4.98 Å². The highest BCUT2D eigenvalue weighted by atomic mass is 32.1. The molecule has 6 heteroatoms. The second-order valence-electron chi connectivity index (χ2n) is 7.02. The first kappa shape index (κ1) is 18.9. The van der Waals surface area contributed by atoms with Crippen molar-refractivity contribution < 1.29 is 14.3 Å². The minimum Gasteiger partial charge on any atom is -0.487 e. The summed E-state index contributed by atoms with van der Waals surface area (Å²) >= 11 is 1.54. The molecule has 0 unspecified atom stereocenters. The van der Waals surface area contributed by atoms with Crippen LogP contribution in [0.25, 0.3) is 0 Å². The van der Waals surface area contributed by atoms with Gasteiger partial charge >= 0.3 is 0 Å². The van der Waals surface area contributed by atoms with Crippen LogP contribution in [0.15, 0.2) is 35.2 Å². The summed E-state index contributed by atoms with van der Waals surface area (Å²) in [4.78, 5) is 18.9. The molecular weight excluding hydrogens is 348 g/mol. The van der Waals surface area contributed by atoms with Crippen LogP contribution < -0.4 is 4.74 Å². The number of aromatic nitrogens is 1. The normalized spacial score (nSPS) is 15.4. The van der Waals surface area contributed by atoms with E-state index in [2.05, 4.69) is 18.8 Å². The van der Waals surface area contributed by atoms with Crippen molar-refractivity contribution in [2.24, 2.45) is 5.92 Å². The van der Waals surface area contributed by atoms with Gasteiger partial charge < -0.3 is 14.4 Å². The molecule has 0 bridgehead atoms. The highest BCUT2D eigenvalue weighted by Crippen LogP contribution is 2.20. The molecule has 2 aromatic rings. The average Bonchev–Trinajstić information content (AvgIpc) is 3.18. The SMILES string of the molecule is CC(C)COC1CCN(C(=O)c2cccc(OCc3cscn3)c2)CC1. The Morgan fingerprint density at radius 1 is 1.35 bits per heavy atom. The van der Waals surface area contributed by atoms with Crippen LogP contribution in [0.2, 0.25) is 0 Å². The molecule has 1 aliphatic rings. The van der Waals surface area contributed by atoms with Crippen molar-refractivity contribution in [1.29, 1.82) is 0 Å². The van der Waals surface area contributed by atoms with Crippen LogP contribution in [0.4, 0.5) is 0 Å². The van der Waals surface area contributed by atoms with E-state index in [4.69, 9.17) is 9.47 Å². The lowest BCUT2D eigenvalue weighted by atomic mass is 10.1. The zero-order valence-corrected chi connectivity index (χ0v) is 16.2. The lowest BCUT2D eigenvalue weighted by molar-refractivity contribution is -0.00231. The molecule has 5 nitrogen and oxygen atoms in total. The number of hydrogen-bond donors (Lipinski definition) is 0. The van der Waals surface area contributed by atoms with Gasteiger partial charge in [0.2, 0.25) is 0 Å². The van der Waals surface area contributed by atoms with Gasteiger partial charge in [-0.3, -0.25) is 4.79 Å². The first-order valence-corrected chi connectivity index (χ1v) is 10.1. The van der Waals surface area contributed by atoms with Crippen LogP contribution in [0.3, 0.4) is 0 Å². The van der Waals surface area contributed by atoms with Crippen LogP contribution in [0.5, 0.6) is 5.75 Å². The number of carbonyl (C=O) groups is 1. The van der Waals surface area contributed by atoms with Gasteiger partial charge in [0, 0.05) is 30.6 Å². The average molecular weight is 375 g/mol. The quantitative estimate of drug-likeness (QED) is 0.735. The van der Waals surface area contributed by atoms with Crippen LogP contribution >= 0.6 is 11.3 Å². The maximum atomic E-state index is 12.8. The van der Waals surface area contributed by atoms with E-state index in [9.17, 15) is 4.79 Å². The molecule has 0 spiro atoms. The molecule has 1 saturated heterocycles. The third-order valence-corrected chi connectivity index (χ3v) is 4.98. The maximum absolute atomic E-state index is 12.8. The second-order valence-corrected chi connectivity index (χ2v) is 7.73. The smallest absolute Gasteiger partial charge is 0.253 e. The Balaban J connectivity index is 1.52. The molecule has 0 aliphatic carbocycles. The summed E-state index contributed by atoms with van der Waals surface area (Å²) in [5.74, 6) is 1.30. The molecule has 0 radical (unpaired) electrons. The zero-order valence-electron chi connectivity index (χ0n) is 15.4. The third kappa shape index (κ3) is 5.29. The molecule has 1 fully saturated rings. The standard InChI is InChI=1S/C20H26N2O3S/c1-15(2)11-24-18-6-8-22(9-7-18)20(23)16-4-3-5-19(10-16)25-12-17-13-26-14-21-17/h3-5,10,13-15,18H,6-9,11-12H2,1-2H3. The van der Waals surface area contributed by atoms with Crippen molar-refractivity contribution in [2.75, 3.05) is 19.7 Å².